The van der Waals surface area contributed by atoms with Crippen molar-refractivity contribution in [3.05, 3.63) is 113 Å². The van der Waals surface area contributed by atoms with E-state index >= 15 is 0 Å². The molecule has 5 aromatic carbocycles. The van der Waals surface area contributed by atoms with Gasteiger partial charge in [0.1, 0.15) is 33.6 Å². The minimum Gasteiger partial charge on any atom is -0.508 e. The van der Waals surface area contributed by atoms with E-state index < -0.39 is 21.7 Å². The number of carbonyl (C=O) groups is 1. The lowest BCUT2D eigenvalue weighted by atomic mass is 9.77. The van der Waals surface area contributed by atoms with Gasteiger partial charge in [-0.3, -0.25) is 4.55 Å². The highest BCUT2D eigenvalue weighted by atomic mass is 32.2. The molecule has 7 rings (SSSR count). The maximum atomic E-state index is 13.1. The number of benzene rings is 5. The van der Waals surface area contributed by atoms with E-state index in [0.717, 1.165) is 0 Å². The lowest BCUT2D eigenvalue weighted by Crippen LogP contribution is -2.32. The van der Waals surface area contributed by atoms with Crippen LogP contribution in [0.5, 0.6) is 23.0 Å². The van der Waals surface area contributed by atoms with Crippen molar-refractivity contribution in [1.82, 2.24) is 0 Å². The number of phenols is 2. The first-order chi connectivity index (χ1) is 19.7. The Kier molecular flexibility index (Phi) is 5.20. The van der Waals surface area contributed by atoms with Crippen molar-refractivity contribution in [2.45, 2.75) is 10.5 Å². The first-order valence-corrected chi connectivity index (χ1v) is 13.7. The molecule has 202 valence electrons. The Morgan fingerprint density at radius 1 is 0.732 bits per heavy atom. The monoisotopic (exact) mass is 566 g/mol. The molecule has 0 aliphatic carbocycles. The fourth-order valence-corrected chi connectivity index (χ4v) is 6.19. The highest BCUT2D eigenvalue weighted by Gasteiger charge is 2.53. The van der Waals surface area contributed by atoms with Crippen LogP contribution in [-0.4, -0.2) is 29.2 Å². The molecule has 1 atom stereocenters. The van der Waals surface area contributed by atoms with Gasteiger partial charge < -0.3 is 19.7 Å². The van der Waals surface area contributed by atoms with E-state index in [-0.39, 0.29) is 44.7 Å². The van der Waals surface area contributed by atoms with Crippen molar-refractivity contribution < 1.29 is 37.5 Å². The largest absolute Gasteiger partial charge is 0.508 e. The molecule has 0 amide bonds. The van der Waals surface area contributed by atoms with Crippen molar-refractivity contribution in [2.75, 3.05) is 0 Å². The van der Waals surface area contributed by atoms with Gasteiger partial charge >= 0.3 is 5.97 Å². The van der Waals surface area contributed by atoms with Crippen LogP contribution < -0.4 is 4.74 Å². The molecule has 1 spiro atoms. The maximum Gasteiger partial charge on any atom is 0.340 e. The molecule has 10 nitrogen and oxygen atoms in total. The summed E-state index contributed by atoms with van der Waals surface area (Å²) < 4.78 is 46.0. The van der Waals surface area contributed by atoms with Gasteiger partial charge in [0.15, 0.2) is 5.60 Å². The van der Waals surface area contributed by atoms with E-state index in [9.17, 15) is 28.0 Å². The third-order valence-corrected chi connectivity index (χ3v) is 8.08. The molecule has 0 radical (unpaired) electrons. The lowest BCUT2D eigenvalue weighted by molar-refractivity contribution is 0.0224. The van der Waals surface area contributed by atoms with Crippen LogP contribution in [0, 0.1) is 0 Å². The number of carbonyl (C=O) groups excluding carboxylic acids is 1. The Labute approximate surface area is 232 Å². The number of phenolic OH excluding ortho intramolecular Hbond substituents is 2. The van der Waals surface area contributed by atoms with Gasteiger partial charge in [0, 0.05) is 28.6 Å². The average Bonchev–Trinajstić information content (AvgIpc) is 3.24. The number of hydrogen-bond acceptors (Lipinski definition) is 9. The number of aromatic hydroxyl groups is 2. The highest BCUT2D eigenvalue weighted by Crippen LogP contribution is 2.58. The van der Waals surface area contributed by atoms with Crippen molar-refractivity contribution in [2.24, 2.45) is 10.2 Å². The van der Waals surface area contributed by atoms with Gasteiger partial charge in [0.2, 0.25) is 0 Å². The fraction of sp³-hybridized carbons (Fsp3) is 0.0333. The second kappa shape index (κ2) is 8.62. The second-order valence-electron chi connectivity index (χ2n) is 9.54. The number of nitrogens with zero attached hydrogens (tertiary/aromatic N) is 2. The van der Waals surface area contributed by atoms with E-state index in [1.807, 2.05) is 0 Å². The Morgan fingerprint density at radius 2 is 1.46 bits per heavy atom. The summed E-state index contributed by atoms with van der Waals surface area (Å²) in [5.41, 5.74) is 0.359. The van der Waals surface area contributed by atoms with Gasteiger partial charge in [-0.25, -0.2) is 4.79 Å². The summed E-state index contributed by atoms with van der Waals surface area (Å²) in [6, 6.07) is 23.4. The SMILES string of the molecule is O=C1OC2(c3ccc(O)cc3Oc3cc(O)c(/N=N/c4cccc5cccc(S(=O)(=O)O)c45)cc32)c2ccccc21. The van der Waals surface area contributed by atoms with Crippen LogP contribution in [-0.2, 0) is 20.5 Å². The minimum absolute atomic E-state index is 0.0178. The number of hydrogen-bond donors (Lipinski definition) is 3. The molecular weight excluding hydrogens is 548 g/mol. The molecule has 0 fully saturated rings. The molecular formula is C30H18N2O8S. The van der Waals surface area contributed by atoms with E-state index in [4.69, 9.17) is 9.47 Å². The summed E-state index contributed by atoms with van der Waals surface area (Å²) >= 11 is 0. The predicted octanol–water partition coefficient (Wildman–Crippen LogP) is 6.48. The molecule has 2 aliphatic rings. The molecule has 3 N–H and O–H groups in total. The minimum atomic E-state index is -4.57. The number of rotatable bonds is 3. The van der Waals surface area contributed by atoms with Gasteiger partial charge in [-0.1, -0.05) is 42.5 Å². The van der Waals surface area contributed by atoms with Crippen LogP contribution in [0.3, 0.4) is 0 Å². The first-order valence-electron chi connectivity index (χ1n) is 12.3. The van der Waals surface area contributed by atoms with Gasteiger partial charge in [0.25, 0.3) is 10.1 Å². The Morgan fingerprint density at radius 3 is 2.27 bits per heavy atom. The molecule has 2 aliphatic heterocycles. The highest BCUT2D eigenvalue weighted by molar-refractivity contribution is 7.86. The Hall–Kier alpha value is -5.26. The van der Waals surface area contributed by atoms with E-state index in [0.29, 0.717) is 27.6 Å². The van der Waals surface area contributed by atoms with Crippen LogP contribution in [0.15, 0.2) is 106 Å². The summed E-state index contributed by atoms with van der Waals surface area (Å²) in [5.74, 6) is -0.530. The summed E-state index contributed by atoms with van der Waals surface area (Å²) in [6.07, 6.45) is 0. The molecule has 0 aromatic heterocycles. The smallest absolute Gasteiger partial charge is 0.340 e. The summed E-state index contributed by atoms with van der Waals surface area (Å²) in [6.45, 7) is 0. The summed E-state index contributed by atoms with van der Waals surface area (Å²) in [4.78, 5) is 12.7. The number of azo groups is 1. The molecule has 41 heavy (non-hydrogen) atoms. The zero-order valence-electron chi connectivity index (χ0n) is 20.8. The standard InChI is InChI=1S/C30H18N2O8S/c33-17-11-12-20-25(13-17)39-26-15-24(34)23(14-21(26)30(20)19-8-2-1-7-18(19)29(35)40-30)32-31-22-9-3-5-16-6-4-10-27(28(16)22)41(36,37)38/h1-15,33-34H,(H,36,37,38)/b32-31+. The second-order valence-corrected chi connectivity index (χ2v) is 10.9. The molecule has 2 heterocycles. The molecule has 0 bridgehead atoms. The molecule has 0 saturated carbocycles. The first kappa shape index (κ1) is 24.8. The van der Waals surface area contributed by atoms with Crippen LogP contribution >= 0.6 is 0 Å². The maximum absolute atomic E-state index is 13.1. The third kappa shape index (κ3) is 3.67. The average molecular weight is 567 g/mol. The van der Waals surface area contributed by atoms with Gasteiger partial charge in [-0.15, -0.1) is 10.2 Å². The van der Waals surface area contributed by atoms with Crippen molar-refractivity contribution in [1.29, 1.82) is 0 Å². The summed E-state index contributed by atoms with van der Waals surface area (Å²) in [7, 11) is -4.57. The topological polar surface area (TPSA) is 155 Å². The van der Waals surface area contributed by atoms with Crippen LogP contribution in [0.1, 0.15) is 27.0 Å². The normalized spacial score (nSPS) is 17.2. The van der Waals surface area contributed by atoms with Crippen molar-refractivity contribution in [3.8, 4) is 23.0 Å². The van der Waals surface area contributed by atoms with E-state index in [1.165, 1.54) is 42.5 Å². The quantitative estimate of drug-likeness (QED) is 0.127. The van der Waals surface area contributed by atoms with Crippen LogP contribution in [0.4, 0.5) is 11.4 Å². The van der Waals surface area contributed by atoms with E-state index in [2.05, 4.69) is 10.2 Å². The lowest BCUT2D eigenvalue weighted by Gasteiger charge is -2.36. The number of fused-ring (bicyclic) bond motifs is 7. The van der Waals surface area contributed by atoms with Gasteiger partial charge in [-0.2, -0.15) is 8.42 Å². The van der Waals surface area contributed by atoms with Crippen LogP contribution in [0.25, 0.3) is 10.8 Å². The zero-order valence-corrected chi connectivity index (χ0v) is 21.7. The molecule has 1 unspecified atom stereocenters. The van der Waals surface area contributed by atoms with Crippen molar-refractivity contribution >= 4 is 38.2 Å². The third-order valence-electron chi connectivity index (χ3n) is 7.18. The number of ether oxygens (including phenoxy) is 2. The van der Waals surface area contributed by atoms with Gasteiger partial charge in [0.05, 0.1) is 16.8 Å². The molecule has 11 heteroatoms. The van der Waals surface area contributed by atoms with Crippen molar-refractivity contribution in [3.63, 3.8) is 0 Å². The Balaban J connectivity index is 1.44. The van der Waals surface area contributed by atoms with Gasteiger partial charge in [-0.05, 0) is 41.8 Å². The summed E-state index contributed by atoms with van der Waals surface area (Å²) in [5, 5.41) is 30.1. The van der Waals surface area contributed by atoms with Crippen LogP contribution in [0.2, 0.25) is 0 Å². The fourth-order valence-electron chi connectivity index (χ4n) is 5.46. The number of esters is 1. The zero-order chi connectivity index (χ0) is 28.5. The molecule has 5 aromatic rings. The van der Waals surface area contributed by atoms with E-state index in [1.54, 1.807) is 48.5 Å². The Bertz CT molecular complexity index is 2090. The molecule has 0 saturated heterocycles. The predicted molar refractivity (Wildman–Crippen MR) is 146 cm³/mol.